The molecule has 0 amide bonds. The fourth-order valence-electron chi connectivity index (χ4n) is 0.745. The van der Waals surface area contributed by atoms with Crippen LogP contribution >= 0.6 is 0 Å². The molecule has 0 saturated carbocycles. The molecule has 70 valence electrons. The lowest BCUT2D eigenvalue weighted by atomic mass is 10.1. The molecule has 1 aromatic rings. The molecule has 0 aliphatic carbocycles. The van der Waals surface area contributed by atoms with Crippen LogP contribution in [0.5, 0.6) is 0 Å². The number of nitro groups is 1. The molecule has 0 aromatic carbocycles. The lowest BCUT2D eigenvalue weighted by Gasteiger charge is -2.05. The Balaban J connectivity index is 4.18. The van der Waals surface area contributed by atoms with Crippen molar-refractivity contribution >= 4 is 5.69 Å². The van der Waals surface area contributed by atoms with Gasteiger partial charge in [-0.05, 0) is 13.7 Å². The SMILES string of the molecule is [2H]c1c(C([2H])([2H])[2H])c([N+](=O)[O-])c(C([2H])([2H])[2H])c(C([2H])[2H])[n+]1[O-]. The third-order valence-corrected chi connectivity index (χ3v) is 1.34. The van der Waals surface area contributed by atoms with E-state index in [-0.39, 0.29) is 0 Å². The summed E-state index contributed by atoms with van der Waals surface area (Å²) in [4.78, 5) is 9.84. The third-order valence-electron chi connectivity index (χ3n) is 1.34. The maximum absolute atomic E-state index is 11.9. The predicted octanol–water partition coefficient (Wildman–Crippen LogP) is 1.15. The van der Waals surface area contributed by atoms with Crippen LogP contribution < -0.4 is 4.73 Å². The Hall–Kier alpha value is -1.65. The Morgan fingerprint density at radius 2 is 2.46 bits per heavy atom. The summed E-state index contributed by atoms with van der Waals surface area (Å²) in [5, 5.41) is 23.0. The zero-order chi connectivity index (χ0) is 17.6. The summed E-state index contributed by atoms with van der Waals surface area (Å²) in [5.74, 6) is 0. The number of nitrogens with zero attached hydrogens (tertiary/aromatic N) is 2. The van der Waals surface area contributed by atoms with Gasteiger partial charge in [-0.15, -0.1) is 0 Å². The Labute approximate surface area is 88.0 Å². The van der Waals surface area contributed by atoms with E-state index in [9.17, 15) is 15.3 Å². The van der Waals surface area contributed by atoms with Crippen molar-refractivity contribution in [1.29, 1.82) is 0 Å². The van der Waals surface area contributed by atoms with Crippen molar-refractivity contribution in [2.45, 2.75) is 20.6 Å². The van der Waals surface area contributed by atoms with Gasteiger partial charge in [0.1, 0.15) is 1.37 Å². The molecule has 0 spiro atoms. The molecule has 0 unspecified atom stereocenters. The van der Waals surface area contributed by atoms with Crippen LogP contribution in [-0.2, 0) is 0 Å². The van der Waals surface area contributed by atoms with Crippen molar-refractivity contribution in [2.24, 2.45) is 0 Å². The maximum Gasteiger partial charge on any atom is 0.287 e. The van der Waals surface area contributed by atoms with Crippen LogP contribution in [0.3, 0.4) is 0 Å². The summed E-state index contributed by atoms with van der Waals surface area (Å²) in [6, 6.07) is 0. The molecule has 0 bridgehead atoms. The van der Waals surface area contributed by atoms with Crippen molar-refractivity contribution < 1.29 is 22.0 Å². The Morgan fingerprint density at radius 3 is 2.92 bits per heavy atom. The average Bonchev–Trinajstić information content (AvgIpc) is 2.27. The smallest absolute Gasteiger partial charge is 0.287 e. The first-order chi connectivity index (χ1) is 9.71. The quantitative estimate of drug-likeness (QED) is 0.289. The molecule has 0 saturated heterocycles. The van der Waals surface area contributed by atoms with E-state index in [2.05, 4.69) is 0 Å². The van der Waals surface area contributed by atoms with Crippen molar-refractivity contribution in [3.05, 3.63) is 38.3 Å². The first-order valence-electron chi connectivity index (χ1n) is 7.66. The second-order valence-corrected chi connectivity index (χ2v) is 2.15. The van der Waals surface area contributed by atoms with E-state index in [1.807, 2.05) is 0 Å². The number of pyridine rings is 1. The minimum Gasteiger partial charge on any atom is -0.618 e. The molecule has 0 fully saturated rings. The lowest BCUT2D eigenvalue weighted by molar-refractivity contribution is -0.613. The summed E-state index contributed by atoms with van der Waals surface area (Å²) in [5.41, 5.74) is -5.24. The minimum absolute atomic E-state index is 0.527. The number of rotatable bonds is 1. The van der Waals surface area contributed by atoms with Crippen LogP contribution in [0.15, 0.2) is 6.17 Å². The minimum atomic E-state index is -3.31. The predicted molar refractivity (Wildman–Crippen MR) is 46.3 cm³/mol. The Kier molecular flexibility index (Phi) is 0.679. The van der Waals surface area contributed by atoms with Crippen molar-refractivity contribution in [2.75, 3.05) is 0 Å². The fraction of sp³-hybridized carbons (Fsp3) is 0.375. The van der Waals surface area contributed by atoms with Gasteiger partial charge in [-0.2, -0.15) is 4.73 Å². The van der Waals surface area contributed by atoms with Crippen LogP contribution in [-0.4, -0.2) is 4.92 Å². The molecule has 5 nitrogen and oxygen atoms in total. The molecular weight excluding hydrogens is 172 g/mol. The first-order valence-corrected chi connectivity index (χ1v) is 3.01. The molecule has 13 heavy (non-hydrogen) atoms. The van der Waals surface area contributed by atoms with Crippen molar-refractivity contribution in [3.8, 4) is 0 Å². The van der Waals surface area contributed by atoms with Gasteiger partial charge in [0.25, 0.3) is 5.69 Å². The zero-order valence-electron chi connectivity index (χ0n) is 15.2. The normalized spacial score (nSPS) is 22.4. The van der Waals surface area contributed by atoms with Crippen LogP contribution in [0.4, 0.5) is 5.69 Å². The first kappa shape index (κ1) is 2.94. The van der Waals surface area contributed by atoms with Crippen LogP contribution in [0, 0.1) is 35.9 Å². The Morgan fingerprint density at radius 1 is 1.69 bits per heavy atom. The fourth-order valence-corrected chi connectivity index (χ4v) is 0.745. The third kappa shape index (κ3) is 1.44. The molecule has 0 N–H and O–H groups in total. The number of hydrogen-bond donors (Lipinski definition) is 0. The average molecular weight is 191 g/mol. The maximum atomic E-state index is 11.9. The Bertz CT molecular complexity index is 623. The highest BCUT2D eigenvalue weighted by molar-refractivity contribution is 5.45. The molecule has 0 aliphatic heterocycles. The topological polar surface area (TPSA) is 70.1 Å². The second kappa shape index (κ2) is 3.01. The van der Waals surface area contributed by atoms with E-state index in [4.69, 9.17) is 12.3 Å². The molecule has 5 heteroatoms. The lowest BCUT2D eigenvalue weighted by Crippen LogP contribution is -2.31. The van der Waals surface area contributed by atoms with E-state index < -0.39 is 58.9 Å². The van der Waals surface area contributed by atoms with Crippen LogP contribution in [0.2, 0.25) is 0 Å². The van der Waals surface area contributed by atoms with Gasteiger partial charge in [0, 0.05) is 17.8 Å². The van der Waals surface area contributed by atoms with Crippen molar-refractivity contribution in [3.63, 3.8) is 0 Å². The largest absolute Gasteiger partial charge is 0.618 e. The van der Waals surface area contributed by atoms with Crippen LogP contribution in [0.1, 0.15) is 29.2 Å². The van der Waals surface area contributed by atoms with Gasteiger partial charge < -0.3 is 5.21 Å². The summed E-state index contributed by atoms with van der Waals surface area (Å²) in [6.07, 6.45) is -1.38. The summed E-state index contributed by atoms with van der Waals surface area (Å²) in [7, 11) is 0. The molecule has 0 aliphatic rings. The van der Waals surface area contributed by atoms with Crippen molar-refractivity contribution in [1.82, 2.24) is 0 Å². The van der Waals surface area contributed by atoms with Gasteiger partial charge >= 0.3 is 0 Å². The van der Waals surface area contributed by atoms with Gasteiger partial charge in [0.2, 0.25) is 0 Å². The highest BCUT2D eigenvalue weighted by Gasteiger charge is 2.21. The van der Waals surface area contributed by atoms with E-state index in [1.54, 1.807) is 0 Å². The summed E-state index contributed by atoms with van der Waals surface area (Å²) < 4.78 is 64.7. The van der Waals surface area contributed by atoms with E-state index in [0.29, 0.717) is 0 Å². The molecule has 1 aromatic heterocycles. The van der Waals surface area contributed by atoms with E-state index in [0.717, 1.165) is 0 Å². The zero-order valence-corrected chi connectivity index (χ0v) is 6.20. The molecular formula is C8H10N2O3. The monoisotopic (exact) mass is 191 g/mol. The number of aromatic nitrogens is 1. The second-order valence-electron chi connectivity index (χ2n) is 2.15. The highest BCUT2D eigenvalue weighted by atomic mass is 16.6. The van der Waals surface area contributed by atoms with Gasteiger partial charge in [-0.3, -0.25) is 10.1 Å². The van der Waals surface area contributed by atoms with Gasteiger partial charge in [-0.25, -0.2) is 0 Å². The van der Waals surface area contributed by atoms with Crippen LogP contribution in [0.25, 0.3) is 0 Å². The number of hydrogen-bond acceptors (Lipinski definition) is 3. The van der Waals surface area contributed by atoms with Gasteiger partial charge in [-0.1, -0.05) is 0 Å². The van der Waals surface area contributed by atoms with Gasteiger partial charge in [0.15, 0.2) is 11.9 Å². The standard InChI is InChI=1S/C8H10N2O3/c1-5-4-9(11)7(3)6(2)8(5)10(12)13/h4H,1-3H3/i1D3,2D3,3D2,4D. The summed E-state index contributed by atoms with van der Waals surface area (Å²) >= 11 is 0. The molecule has 1 rings (SSSR count). The molecule has 0 radical (unpaired) electrons. The van der Waals surface area contributed by atoms with Gasteiger partial charge in [0.05, 0.1) is 16.1 Å². The van der Waals surface area contributed by atoms with E-state index >= 15 is 0 Å². The summed E-state index contributed by atoms with van der Waals surface area (Å²) in [6.45, 7) is -8.84. The molecule has 1 heterocycles. The van der Waals surface area contributed by atoms with E-state index in [1.165, 1.54) is 0 Å². The molecule has 0 atom stereocenters. The highest BCUT2D eigenvalue weighted by Crippen LogP contribution is 2.22.